The van der Waals surface area contributed by atoms with Gasteiger partial charge in [-0.05, 0) is 30.2 Å². The van der Waals surface area contributed by atoms with Gasteiger partial charge in [0.15, 0.2) is 0 Å². The Hall–Kier alpha value is -2.10. The maximum Gasteiger partial charge on any atom is 0.251 e. The highest BCUT2D eigenvalue weighted by molar-refractivity contribution is 5.92. The van der Waals surface area contributed by atoms with Crippen molar-refractivity contribution in [1.82, 2.24) is 4.57 Å². The van der Waals surface area contributed by atoms with Crippen LogP contribution in [0.1, 0.15) is 12.0 Å². The van der Waals surface area contributed by atoms with E-state index < -0.39 is 0 Å². The molecule has 0 spiro atoms. The average molecular weight is 245 g/mol. The van der Waals surface area contributed by atoms with Crippen molar-refractivity contribution < 1.29 is 9.13 Å². The van der Waals surface area contributed by atoms with Gasteiger partial charge >= 0.3 is 0 Å². The summed E-state index contributed by atoms with van der Waals surface area (Å²) in [5, 5.41) is 0.480. The molecule has 2 heterocycles. The molecule has 0 atom stereocenters. The number of hydrogen-bond acceptors (Lipinski definition) is 2. The molecule has 0 radical (unpaired) electrons. The highest BCUT2D eigenvalue weighted by Crippen LogP contribution is 2.32. The Labute approximate surface area is 103 Å². The molecule has 1 aromatic heterocycles. The first-order valence-corrected chi connectivity index (χ1v) is 5.76. The van der Waals surface area contributed by atoms with Gasteiger partial charge in [-0.3, -0.25) is 4.79 Å². The number of pyridine rings is 1. The fraction of sp³-hybridized carbons (Fsp3) is 0.214. The molecule has 0 saturated heterocycles. The summed E-state index contributed by atoms with van der Waals surface area (Å²) < 4.78 is 20.5. The van der Waals surface area contributed by atoms with Gasteiger partial charge in [0.1, 0.15) is 5.82 Å². The van der Waals surface area contributed by atoms with Crippen molar-refractivity contribution in [3.63, 3.8) is 0 Å². The van der Waals surface area contributed by atoms with E-state index >= 15 is 0 Å². The molecule has 4 heteroatoms. The molecule has 0 unspecified atom stereocenters. The number of allylic oxidation sites excluding steroid dienone is 1. The minimum absolute atomic E-state index is 0.0918. The molecule has 0 amide bonds. The van der Waals surface area contributed by atoms with Crippen LogP contribution >= 0.6 is 0 Å². The lowest BCUT2D eigenvalue weighted by molar-refractivity contribution is 0.338. The molecule has 0 bridgehead atoms. The fourth-order valence-corrected chi connectivity index (χ4v) is 2.50. The SMILES string of the molecule is CO/C=C1\CCn2c(=O)ccc3c(F)ccc1c32. The lowest BCUT2D eigenvalue weighted by Gasteiger charge is -2.21. The van der Waals surface area contributed by atoms with E-state index in [1.165, 1.54) is 12.1 Å². The second kappa shape index (κ2) is 3.98. The average Bonchev–Trinajstić information content (AvgIpc) is 2.37. The standard InChI is InChI=1S/C14H12FNO2/c1-18-8-9-6-7-16-13(17)5-3-11-12(15)4-2-10(9)14(11)16/h2-5,8H,6-7H2,1H3/b9-8+. The third kappa shape index (κ3) is 1.45. The van der Waals surface area contributed by atoms with E-state index in [9.17, 15) is 9.18 Å². The van der Waals surface area contributed by atoms with Gasteiger partial charge in [-0.1, -0.05) is 0 Å². The number of methoxy groups -OCH3 is 1. The highest BCUT2D eigenvalue weighted by atomic mass is 19.1. The maximum absolute atomic E-state index is 13.8. The smallest absolute Gasteiger partial charge is 0.251 e. The van der Waals surface area contributed by atoms with Crippen LogP contribution in [0.25, 0.3) is 16.5 Å². The van der Waals surface area contributed by atoms with Crippen LogP contribution in [-0.4, -0.2) is 11.7 Å². The fourth-order valence-electron chi connectivity index (χ4n) is 2.50. The summed E-state index contributed by atoms with van der Waals surface area (Å²) in [5.74, 6) is -0.304. The Kier molecular flexibility index (Phi) is 2.44. The van der Waals surface area contributed by atoms with Crippen LogP contribution < -0.4 is 5.56 Å². The second-order valence-corrected chi connectivity index (χ2v) is 4.31. The number of rotatable bonds is 1. The van der Waals surface area contributed by atoms with Crippen molar-refractivity contribution in [3.05, 3.63) is 52.3 Å². The van der Waals surface area contributed by atoms with Crippen molar-refractivity contribution in [2.24, 2.45) is 0 Å². The molecular weight excluding hydrogens is 233 g/mol. The van der Waals surface area contributed by atoms with Crippen LogP contribution in [0, 0.1) is 5.82 Å². The summed E-state index contributed by atoms with van der Waals surface area (Å²) in [7, 11) is 1.58. The Morgan fingerprint density at radius 3 is 2.94 bits per heavy atom. The quantitative estimate of drug-likeness (QED) is 0.723. The molecule has 1 aromatic carbocycles. The number of aryl methyl sites for hydroxylation is 1. The topological polar surface area (TPSA) is 31.2 Å². The minimum Gasteiger partial charge on any atom is -0.504 e. The molecule has 1 aliphatic heterocycles. The van der Waals surface area contributed by atoms with Gasteiger partial charge in [-0.25, -0.2) is 4.39 Å². The number of nitrogens with zero attached hydrogens (tertiary/aromatic N) is 1. The molecule has 0 aliphatic carbocycles. The minimum atomic E-state index is -0.304. The van der Waals surface area contributed by atoms with E-state index in [1.54, 1.807) is 30.1 Å². The zero-order valence-electron chi connectivity index (χ0n) is 9.94. The molecule has 0 fully saturated rings. The van der Waals surface area contributed by atoms with E-state index in [2.05, 4.69) is 0 Å². The van der Waals surface area contributed by atoms with E-state index in [0.29, 0.717) is 23.9 Å². The number of hydrogen-bond donors (Lipinski definition) is 0. The molecule has 3 rings (SSSR count). The summed E-state index contributed by atoms with van der Waals surface area (Å²) >= 11 is 0. The van der Waals surface area contributed by atoms with Crippen molar-refractivity contribution in [1.29, 1.82) is 0 Å². The zero-order valence-corrected chi connectivity index (χ0v) is 9.94. The predicted octanol–water partition coefficient (Wildman–Crippen LogP) is 2.53. The maximum atomic E-state index is 13.8. The summed E-state index contributed by atoms with van der Waals surface area (Å²) in [6.07, 6.45) is 2.37. The largest absolute Gasteiger partial charge is 0.504 e. The molecule has 2 aromatic rings. The van der Waals surface area contributed by atoms with Gasteiger partial charge < -0.3 is 9.30 Å². The van der Waals surface area contributed by atoms with E-state index in [-0.39, 0.29) is 11.4 Å². The monoisotopic (exact) mass is 245 g/mol. The van der Waals surface area contributed by atoms with Gasteiger partial charge in [0.05, 0.1) is 18.9 Å². The van der Waals surface area contributed by atoms with E-state index in [0.717, 1.165) is 11.1 Å². The van der Waals surface area contributed by atoms with Crippen LogP contribution in [0.5, 0.6) is 0 Å². The van der Waals surface area contributed by atoms with Crippen molar-refractivity contribution in [2.75, 3.05) is 7.11 Å². The molecule has 92 valence electrons. The van der Waals surface area contributed by atoms with Crippen LogP contribution in [0.2, 0.25) is 0 Å². The number of benzene rings is 1. The first-order chi connectivity index (χ1) is 8.72. The van der Waals surface area contributed by atoms with Crippen LogP contribution in [0.4, 0.5) is 4.39 Å². The van der Waals surface area contributed by atoms with Crippen molar-refractivity contribution in [2.45, 2.75) is 13.0 Å². The number of aromatic nitrogens is 1. The van der Waals surface area contributed by atoms with Gasteiger partial charge in [0.25, 0.3) is 5.56 Å². The molecule has 1 aliphatic rings. The highest BCUT2D eigenvalue weighted by Gasteiger charge is 2.19. The Morgan fingerprint density at radius 2 is 2.17 bits per heavy atom. The summed E-state index contributed by atoms with van der Waals surface area (Å²) in [4.78, 5) is 11.8. The molecule has 18 heavy (non-hydrogen) atoms. The Morgan fingerprint density at radius 1 is 1.33 bits per heavy atom. The first kappa shape index (κ1) is 11.0. The summed E-state index contributed by atoms with van der Waals surface area (Å²) in [6.45, 7) is 0.557. The molecule has 0 saturated carbocycles. The normalized spacial score (nSPS) is 16.2. The predicted molar refractivity (Wildman–Crippen MR) is 67.8 cm³/mol. The summed E-state index contributed by atoms with van der Waals surface area (Å²) in [5.41, 5.74) is 2.44. The number of halogens is 1. The lowest BCUT2D eigenvalue weighted by Crippen LogP contribution is -2.23. The Bertz CT molecular complexity index is 716. The van der Waals surface area contributed by atoms with Crippen molar-refractivity contribution >= 4 is 16.5 Å². The van der Waals surface area contributed by atoms with Crippen molar-refractivity contribution in [3.8, 4) is 0 Å². The molecule has 0 N–H and O–H groups in total. The lowest BCUT2D eigenvalue weighted by atomic mass is 9.96. The number of ether oxygens (including phenoxy) is 1. The Balaban J connectivity index is 2.46. The van der Waals surface area contributed by atoms with Gasteiger partial charge in [0, 0.05) is 23.6 Å². The van der Waals surface area contributed by atoms with Gasteiger partial charge in [-0.2, -0.15) is 0 Å². The molecule has 3 nitrogen and oxygen atoms in total. The van der Waals surface area contributed by atoms with Crippen LogP contribution in [0.15, 0.2) is 35.3 Å². The van der Waals surface area contributed by atoms with Crippen LogP contribution in [-0.2, 0) is 11.3 Å². The second-order valence-electron chi connectivity index (χ2n) is 4.31. The van der Waals surface area contributed by atoms with Gasteiger partial charge in [-0.15, -0.1) is 0 Å². The van der Waals surface area contributed by atoms with E-state index in [4.69, 9.17) is 4.74 Å². The summed E-state index contributed by atoms with van der Waals surface area (Å²) in [6, 6.07) is 6.10. The van der Waals surface area contributed by atoms with Gasteiger partial charge in [0.2, 0.25) is 0 Å². The first-order valence-electron chi connectivity index (χ1n) is 5.76. The zero-order chi connectivity index (χ0) is 12.7. The molecular formula is C14H12FNO2. The third-order valence-corrected chi connectivity index (χ3v) is 3.30. The third-order valence-electron chi connectivity index (χ3n) is 3.30. The van der Waals surface area contributed by atoms with E-state index in [1.807, 2.05) is 0 Å². The van der Waals surface area contributed by atoms with Crippen LogP contribution in [0.3, 0.4) is 0 Å².